The maximum atomic E-state index is 12.8. The predicted octanol–water partition coefficient (Wildman–Crippen LogP) is 18.1. The van der Waals surface area contributed by atoms with E-state index in [0.717, 1.165) is 83.5 Å². The second-order valence-corrected chi connectivity index (χ2v) is 18.5. The lowest BCUT2D eigenvalue weighted by molar-refractivity contribution is -0.167. The predicted molar refractivity (Wildman–Crippen MR) is 270 cm³/mol. The van der Waals surface area contributed by atoms with Gasteiger partial charge in [0.1, 0.15) is 13.2 Å². The van der Waals surface area contributed by atoms with E-state index in [4.69, 9.17) is 14.2 Å². The minimum absolute atomic E-state index is 0.0731. The van der Waals surface area contributed by atoms with E-state index in [-0.39, 0.29) is 31.1 Å². The second kappa shape index (κ2) is 52.3. The Morgan fingerprint density at radius 3 is 0.968 bits per heavy atom. The van der Waals surface area contributed by atoms with Crippen LogP contribution in [0.3, 0.4) is 0 Å². The lowest BCUT2D eigenvalue weighted by atomic mass is 10.0. The average Bonchev–Trinajstić information content (AvgIpc) is 3.28. The fourth-order valence-corrected chi connectivity index (χ4v) is 8.05. The zero-order valence-corrected chi connectivity index (χ0v) is 42.1. The summed E-state index contributed by atoms with van der Waals surface area (Å²) >= 11 is 0. The molecule has 0 aromatic rings. The minimum atomic E-state index is -0.773. The monoisotopic (exact) mass is 885 g/mol. The molecule has 0 fully saturated rings. The van der Waals surface area contributed by atoms with Gasteiger partial charge in [0.15, 0.2) is 6.10 Å². The highest BCUT2D eigenvalue weighted by molar-refractivity contribution is 5.71. The highest BCUT2D eigenvalue weighted by Gasteiger charge is 2.19. The van der Waals surface area contributed by atoms with Crippen LogP contribution in [0.4, 0.5) is 0 Å². The number of rotatable bonds is 50. The summed E-state index contributed by atoms with van der Waals surface area (Å²) in [5.41, 5.74) is 0. The third-order valence-corrected chi connectivity index (χ3v) is 12.2. The first-order chi connectivity index (χ1) is 31.0. The number of esters is 3. The Morgan fingerprint density at radius 1 is 0.333 bits per heavy atom. The lowest BCUT2D eigenvalue weighted by Crippen LogP contribution is -2.30. The summed E-state index contributed by atoms with van der Waals surface area (Å²) in [5, 5.41) is 0. The first-order valence-corrected chi connectivity index (χ1v) is 27.5. The van der Waals surface area contributed by atoms with Crippen molar-refractivity contribution in [2.75, 3.05) is 13.2 Å². The summed E-state index contributed by atoms with van der Waals surface area (Å²) in [4.78, 5) is 38.0. The largest absolute Gasteiger partial charge is 0.462 e. The smallest absolute Gasteiger partial charge is 0.306 e. The van der Waals surface area contributed by atoms with Crippen molar-refractivity contribution in [2.24, 2.45) is 0 Å². The fraction of sp³-hybridized carbons (Fsp3) is 0.842. The summed E-state index contributed by atoms with van der Waals surface area (Å²) in [6.45, 7) is 6.54. The van der Waals surface area contributed by atoms with Crippen molar-refractivity contribution in [3.05, 3.63) is 36.5 Å². The molecular formula is C57H104O6. The molecule has 0 aliphatic heterocycles. The third kappa shape index (κ3) is 50.5. The summed E-state index contributed by atoms with van der Waals surface area (Å²) in [5.74, 6) is -0.873. The molecule has 0 aromatic carbocycles. The van der Waals surface area contributed by atoms with Crippen molar-refractivity contribution >= 4 is 17.9 Å². The quantitative estimate of drug-likeness (QED) is 0.0262. The topological polar surface area (TPSA) is 78.9 Å². The zero-order chi connectivity index (χ0) is 45.8. The van der Waals surface area contributed by atoms with Gasteiger partial charge in [0.25, 0.3) is 0 Å². The van der Waals surface area contributed by atoms with E-state index in [1.54, 1.807) is 0 Å². The molecule has 0 saturated carbocycles. The van der Waals surface area contributed by atoms with Gasteiger partial charge in [-0.1, -0.05) is 256 Å². The molecule has 368 valence electrons. The molecule has 0 bridgehead atoms. The zero-order valence-electron chi connectivity index (χ0n) is 42.1. The molecule has 0 aliphatic rings. The van der Waals surface area contributed by atoms with Crippen LogP contribution in [0.1, 0.15) is 290 Å². The number of carbonyl (C=O) groups is 3. The highest BCUT2D eigenvalue weighted by atomic mass is 16.6. The molecule has 6 nitrogen and oxygen atoms in total. The molecule has 0 radical (unpaired) electrons. The highest BCUT2D eigenvalue weighted by Crippen LogP contribution is 2.17. The van der Waals surface area contributed by atoms with Gasteiger partial charge < -0.3 is 14.2 Å². The Kier molecular flexibility index (Phi) is 50.3. The van der Waals surface area contributed by atoms with Gasteiger partial charge in [0.2, 0.25) is 0 Å². The number of carbonyl (C=O) groups excluding carboxylic acids is 3. The Balaban J connectivity index is 4.28. The van der Waals surface area contributed by atoms with E-state index >= 15 is 0 Å². The third-order valence-electron chi connectivity index (χ3n) is 12.2. The number of unbranched alkanes of at least 4 members (excludes halogenated alkanes) is 33. The van der Waals surface area contributed by atoms with Crippen LogP contribution in [0.2, 0.25) is 0 Å². The molecule has 0 aromatic heterocycles. The van der Waals surface area contributed by atoms with Crippen LogP contribution >= 0.6 is 0 Å². The van der Waals surface area contributed by atoms with Gasteiger partial charge in [0.05, 0.1) is 0 Å². The Morgan fingerprint density at radius 2 is 0.619 bits per heavy atom. The molecule has 0 rings (SSSR count). The molecule has 63 heavy (non-hydrogen) atoms. The van der Waals surface area contributed by atoms with Crippen LogP contribution < -0.4 is 0 Å². The van der Waals surface area contributed by atoms with Crippen molar-refractivity contribution in [3.63, 3.8) is 0 Å². The van der Waals surface area contributed by atoms with Crippen LogP contribution in [-0.2, 0) is 28.6 Å². The molecule has 0 saturated heterocycles. The van der Waals surface area contributed by atoms with Gasteiger partial charge in [-0.2, -0.15) is 0 Å². The van der Waals surface area contributed by atoms with Crippen molar-refractivity contribution in [1.82, 2.24) is 0 Å². The number of allylic oxidation sites excluding steroid dienone is 6. The van der Waals surface area contributed by atoms with Crippen LogP contribution in [0.5, 0.6) is 0 Å². The van der Waals surface area contributed by atoms with Crippen LogP contribution in [-0.4, -0.2) is 37.2 Å². The number of hydrogen-bond donors (Lipinski definition) is 0. The van der Waals surface area contributed by atoms with E-state index in [2.05, 4.69) is 57.2 Å². The van der Waals surface area contributed by atoms with Gasteiger partial charge in [-0.25, -0.2) is 0 Å². The molecule has 0 amide bonds. The summed E-state index contributed by atoms with van der Waals surface area (Å²) < 4.78 is 16.8. The van der Waals surface area contributed by atoms with Crippen molar-refractivity contribution in [2.45, 2.75) is 297 Å². The van der Waals surface area contributed by atoms with Crippen molar-refractivity contribution < 1.29 is 28.6 Å². The Bertz CT molecular complexity index is 1060. The van der Waals surface area contributed by atoms with Gasteiger partial charge in [0, 0.05) is 19.3 Å². The maximum absolute atomic E-state index is 12.8. The van der Waals surface area contributed by atoms with E-state index < -0.39 is 6.10 Å². The van der Waals surface area contributed by atoms with E-state index in [9.17, 15) is 14.4 Å². The van der Waals surface area contributed by atoms with E-state index in [1.165, 1.54) is 167 Å². The number of hydrogen-bond acceptors (Lipinski definition) is 6. The van der Waals surface area contributed by atoms with Gasteiger partial charge in [-0.15, -0.1) is 0 Å². The first-order valence-electron chi connectivity index (χ1n) is 27.5. The van der Waals surface area contributed by atoms with E-state index in [0.29, 0.717) is 19.3 Å². The molecule has 0 heterocycles. The fourth-order valence-electron chi connectivity index (χ4n) is 8.05. The van der Waals surface area contributed by atoms with E-state index in [1.807, 2.05) is 0 Å². The maximum Gasteiger partial charge on any atom is 0.306 e. The molecule has 1 atom stereocenters. The Hall–Kier alpha value is -2.37. The van der Waals surface area contributed by atoms with Gasteiger partial charge in [-0.05, 0) is 51.4 Å². The van der Waals surface area contributed by atoms with Gasteiger partial charge in [-0.3, -0.25) is 14.4 Å². The second-order valence-electron chi connectivity index (χ2n) is 18.5. The minimum Gasteiger partial charge on any atom is -0.462 e. The van der Waals surface area contributed by atoms with Crippen molar-refractivity contribution in [1.29, 1.82) is 0 Å². The summed E-state index contributed by atoms with van der Waals surface area (Å²) in [6.07, 6.45) is 61.4. The summed E-state index contributed by atoms with van der Waals surface area (Å²) in [6, 6.07) is 0. The van der Waals surface area contributed by atoms with Crippen LogP contribution in [0.25, 0.3) is 0 Å². The SMILES string of the molecule is CC/C=C\C/C=C\C/C=C\CCCCCCCCC(=O)OC(COC(=O)CCCCCCCCCCCC)COC(=O)CCCCCCCCCCCCCCCCCCCCC. The van der Waals surface area contributed by atoms with Gasteiger partial charge >= 0.3 is 17.9 Å². The first kappa shape index (κ1) is 60.6. The molecule has 0 aliphatic carbocycles. The number of ether oxygens (including phenoxy) is 3. The standard InChI is InChI=1S/C57H104O6/c1-4-7-10-13-16-19-22-24-26-28-29-30-32-33-35-38-41-44-47-50-56(59)62-53-54(52-61-55(58)49-46-43-40-37-21-18-15-12-9-6-3)63-57(60)51-48-45-42-39-36-34-31-27-25-23-20-17-14-11-8-5-2/h8,11,17,20,25,27,54H,4-7,9-10,12-16,18-19,21-24,26,28-53H2,1-3H3/b11-8-,20-17-,27-25-. The molecule has 0 N–H and O–H groups in total. The van der Waals surface area contributed by atoms with Crippen molar-refractivity contribution in [3.8, 4) is 0 Å². The molecule has 6 heteroatoms. The molecular weight excluding hydrogens is 781 g/mol. The van der Waals surface area contributed by atoms with Crippen LogP contribution in [0.15, 0.2) is 36.5 Å². The summed E-state index contributed by atoms with van der Waals surface area (Å²) in [7, 11) is 0. The average molecular weight is 885 g/mol. The lowest BCUT2D eigenvalue weighted by Gasteiger charge is -2.18. The Labute approximate surface area is 391 Å². The molecule has 0 spiro atoms. The normalized spacial score (nSPS) is 12.2. The molecule has 1 unspecified atom stereocenters. The van der Waals surface area contributed by atoms with Crippen LogP contribution in [0, 0.1) is 0 Å².